The largest absolute Gasteiger partial charge is 0.485 e. The summed E-state index contributed by atoms with van der Waals surface area (Å²) in [5, 5.41) is 15.0. The first-order valence-electron chi connectivity index (χ1n) is 8.98. The van der Waals surface area contributed by atoms with Crippen LogP contribution in [0.3, 0.4) is 0 Å². The molecular weight excluding hydrogens is 376 g/mol. The van der Waals surface area contributed by atoms with E-state index in [0.717, 1.165) is 0 Å². The van der Waals surface area contributed by atoms with E-state index in [4.69, 9.17) is 14.0 Å². The summed E-state index contributed by atoms with van der Waals surface area (Å²) in [6, 6.07) is 10.9. The number of hydrogen-bond donors (Lipinski definition) is 1. The highest BCUT2D eigenvalue weighted by Gasteiger charge is 2.27. The standard InChI is InChI=1S/C19H16N6O4/c1-11-21-19(29-24-11)12-5-4-8-25-16(22-23-17(12)25)9-20-18(26)15-10-27-13-6-2-3-7-14(13)28-15/h2-8,15H,9-10H2,1H3,(H,20,26)/t15-/m1/s1. The van der Waals surface area contributed by atoms with Crippen LogP contribution in [0, 0.1) is 6.92 Å². The van der Waals surface area contributed by atoms with E-state index in [1.807, 2.05) is 24.3 Å². The molecule has 10 nitrogen and oxygen atoms in total. The zero-order valence-corrected chi connectivity index (χ0v) is 15.4. The van der Waals surface area contributed by atoms with Crippen molar-refractivity contribution in [2.75, 3.05) is 6.61 Å². The van der Waals surface area contributed by atoms with E-state index in [2.05, 4.69) is 25.7 Å². The number of rotatable bonds is 4. The van der Waals surface area contributed by atoms with E-state index in [0.29, 0.717) is 40.2 Å². The maximum absolute atomic E-state index is 12.5. The summed E-state index contributed by atoms with van der Waals surface area (Å²) in [4.78, 5) is 16.8. The Balaban J connectivity index is 1.32. The monoisotopic (exact) mass is 392 g/mol. The van der Waals surface area contributed by atoms with E-state index in [1.54, 1.807) is 29.7 Å². The van der Waals surface area contributed by atoms with E-state index in [-0.39, 0.29) is 19.1 Å². The molecule has 3 aromatic heterocycles. The van der Waals surface area contributed by atoms with Crippen molar-refractivity contribution in [2.45, 2.75) is 19.6 Å². The van der Waals surface area contributed by atoms with Crippen molar-refractivity contribution in [3.8, 4) is 23.0 Å². The zero-order valence-electron chi connectivity index (χ0n) is 15.4. The van der Waals surface area contributed by atoms with Gasteiger partial charge in [0.15, 0.2) is 28.8 Å². The summed E-state index contributed by atoms with van der Waals surface area (Å²) in [6.07, 6.45) is 1.07. The molecule has 10 heteroatoms. The van der Waals surface area contributed by atoms with E-state index in [1.165, 1.54) is 0 Å². The lowest BCUT2D eigenvalue weighted by Crippen LogP contribution is -2.43. The van der Waals surface area contributed by atoms with Gasteiger partial charge >= 0.3 is 0 Å². The third kappa shape index (κ3) is 3.14. The molecule has 4 aromatic rings. The Bertz CT molecular complexity index is 1200. The van der Waals surface area contributed by atoms with Gasteiger partial charge in [0.25, 0.3) is 11.8 Å². The molecule has 1 aliphatic heterocycles. The highest BCUT2D eigenvalue weighted by molar-refractivity contribution is 5.81. The average molecular weight is 392 g/mol. The van der Waals surface area contributed by atoms with Gasteiger partial charge in [-0.15, -0.1) is 10.2 Å². The molecule has 5 rings (SSSR count). The molecule has 0 bridgehead atoms. The van der Waals surface area contributed by atoms with Crippen LogP contribution in [0.5, 0.6) is 11.5 Å². The Hall–Kier alpha value is -3.95. The minimum atomic E-state index is -0.735. The van der Waals surface area contributed by atoms with Crippen LogP contribution in [-0.2, 0) is 11.3 Å². The Morgan fingerprint density at radius 1 is 1.21 bits per heavy atom. The molecule has 1 N–H and O–H groups in total. The highest BCUT2D eigenvalue weighted by Crippen LogP contribution is 2.30. The predicted molar refractivity (Wildman–Crippen MR) is 99.2 cm³/mol. The fourth-order valence-corrected chi connectivity index (χ4v) is 3.09. The maximum atomic E-state index is 12.5. The highest BCUT2D eigenvalue weighted by atomic mass is 16.6. The molecular formula is C19H16N6O4. The van der Waals surface area contributed by atoms with Gasteiger partial charge in [-0.25, -0.2) is 0 Å². The Labute approximate surface area is 164 Å². The number of amides is 1. The van der Waals surface area contributed by atoms with Crippen LogP contribution >= 0.6 is 0 Å². The number of aryl methyl sites for hydroxylation is 1. The van der Waals surface area contributed by atoms with Crippen molar-refractivity contribution in [2.24, 2.45) is 0 Å². The molecule has 1 amide bonds. The molecule has 0 saturated carbocycles. The molecule has 0 radical (unpaired) electrons. The minimum Gasteiger partial charge on any atom is -0.485 e. The van der Waals surface area contributed by atoms with Crippen LogP contribution in [0.25, 0.3) is 17.1 Å². The first-order chi connectivity index (χ1) is 14.2. The molecule has 29 heavy (non-hydrogen) atoms. The normalized spacial score (nSPS) is 15.4. The lowest BCUT2D eigenvalue weighted by molar-refractivity contribution is -0.130. The fraction of sp³-hybridized carbons (Fsp3) is 0.211. The van der Waals surface area contributed by atoms with Crippen molar-refractivity contribution in [1.29, 1.82) is 0 Å². The molecule has 0 fully saturated rings. The number of fused-ring (bicyclic) bond motifs is 2. The third-order valence-electron chi connectivity index (χ3n) is 4.49. The molecule has 1 aromatic carbocycles. The summed E-state index contributed by atoms with van der Waals surface area (Å²) >= 11 is 0. The van der Waals surface area contributed by atoms with E-state index in [9.17, 15) is 4.79 Å². The maximum Gasteiger partial charge on any atom is 0.265 e. The van der Waals surface area contributed by atoms with Crippen molar-refractivity contribution < 1.29 is 18.8 Å². The minimum absolute atomic E-state index is 0.143. The number of aromatic nitrogens is 5. The van der Waals surface area contributed by atoms with Gasteiger partial charge in [0, 0.05) is 6.20 Å². The van der Waals surface area contributed by atoms with Crippen LogP contribution in [0.1, 0.15) is 11.6 Å². The second kappa shape index (κ2) is 6.89. The number of para-hydroxylation sites is 2. The number of ether oxygens (including phenoxy) is 2. The SMILES string of the molecule is Cc1noc(-c2cccn3c(CNC(=O)[C@H]4COc5ccccc5O4)nnc23)n1. The van der Waals surface area contributed by atoms with Crippen LogP contribution in [0.4, 0.5) is 0 Å². The lowest BCUT2D eigenvalue weighted by atomic mass is 10.2. The molecule has 1 aliphatic rings. The molecule has 0 saturated heterocycles. The second-order valence-electron chi connectivity index (χ2n) is 6.46. The number of pyridine rings is 1. The summed E-state index contributed by atoms with van der Waals surface area (Å²) < 4.78 is 18.3. The van der Waals surface area contributed by atoms with Crippen molar-refractivity contribution in [3.05, 3.63) is 54.2 Å². The van der Waals surface area contributed by atoms with Gasteiger partial charge in [0.1, 0.15) is 6.61 Å². The van der Waals surface area contributed by atoms with Gasteiger partial charge in [0.05, 0.1) is 12.1 Å². The number of benzene rings is 1. The molecule has 0 unspecified atom stereocenters. The Morgan fingerprint density at radius 3 is 2.90 bits per heavy atom. The summed E-state index contributed by atoms with van der Waals surface area (Å²) in [5.74, 6) is 2.34. The summed E-state index contributed by atoms with van der Waals surface area (Å²) in [6.45, 7) is 2.06. The fourth-order valence-electron chi connectivity index (χ4n) is 3.09. The van der Waals surface area contributed by atoms with Gasteiger partial charge in [-0.2, -0.15) is 4.98 Å². The van der Waals surface area contributed by atoms with E-state index >= 15 is 0 Å². The summed E-state index contributed by atoms with van der Waals surface area (Å²) in [7, 11) is 0. The molecule has 1 atom stereocenters. The van der Waals surface area contributed by atoms with Gasteiger partial charge in [-0.1, -0.05) is 17.3 Å². The van der Waals surface area contributed by atoms with Crippen LogP contribution in [0.2, 0.25) is 0 Å². The first-order valence-corrected chi connectivity index (χ1v) is 8.98. The van der Waals surface area contributed by atoms with Crippen LogP contribution in [0.15, 0.2) is 47.1 Å². The van der Waals surface area contributed by atoms with Gasteiger partial charge in [-0.3, -0.25) is 9.20 Å². The van der Waals surface area contributed by atoms with Crippen LogP contribution in [-0.4, -0.2) is 43.4 Å². The van der Waals surface area contributed by atoms with Crippen molar-refractivity contribution in [1.82, 2.24) is 30.1 Å². The van der Waals surface area contributed by atoms with Gasteiger partial charge < -0.3 is 19.3 Å². The topological polar surface area (TPSA) is 117 Å². The molecule has 4 heterocycles. The first kappa shape index (κ1) is 17.2. The number of hydrogen-bond acceptors (Lipinski definition) is 8. The smallest absolute Gasteiger partial charge is 0.265 e. The second-order valence-corrected chi connectivity index (χ2v) is 6.46. The predicted octanol–water partition coefficient (Wildman–Crippen LogP) is 1.54. The van der Waals surface area contributed by atoms with Crippen molar-refractivity contribution >= 4 is 11.6 Å². The number of carbonyl (C=O) groups excluding carboxylic acids is 1. The van der Waals surface area contributed by atoms with Crippen molar-refractivity contribution in [3.63, 3.8) is 0 Å². The Kier molecular flexibility index (Phi) is 4.08. The van der Waals surface area contributed by atoms with Gasteiger partial charge in [0.2, 0.25) is 6.10 Å². The number of nitrogens with zero attached hydrogens (tertiary/aromatic N) is 5. The van der Waals surface area contributed by atoms with Gasteiger partial charge in [-0.05, 0) is 31.2 Å². The zero-order chi connectivity index (χ0) is 19.8. The molecule has 146 valence electrons. The Morgan fingerprint density at radius 2 is 2.07 bits per heavy atom. The summed E-state index contributed by atoms with van der Waals surface area (Å²) in [5.41, 5.74) is 1.23. The van der Waals surface area contributed by atoms with Crippen LogP contribution < -0.4 is 14.8 Å². The molecule has 0 spiro atoms. The number of carbonyl (C=O) groups is 1. The third-order valence-corrected chi connectivity index (χ3v) is 4.49. The number of nitrogens with one attached hydrogen (secondary N) is 1. The average Bonchev–Trinajstić information content (AvgIpc) is 3.37. The lowest BCUT2D eigenvalue weighted by Gasteiger charge is -2.25. The van der Waals surface area contributed by atoms with E-state index < -0.39 is 6.10 Å². The quantitative estimate of drug-likeness (QED) is 0.556. The molecule has 0 aliphatic carbocycles.